The van der Waals surface area contributed by atoms with E-state index in [-0.39, 0.29) is 25.4 Å². The summed E-state index contributed by atoms with van der Waals surface area (Å²) in [6.07, 6.45) is 3.58. The van der Waals surface area contributed by atoms with Gasteiger partial charge in [0.15, 0.2) is 0 Å². The van der Waals surface area contributed by atoms with Crippen LogP contribution in [0.2, 0.25) is 0 Å². The molecule has 1 saturated heterocycles. The first kappa shape index (κ1) is 13.9. The lowest BCUT2D eigenvalue weighted by Crippen LogP contribution is -2.52. The van der Waals surface area contributed by atoms with Gasteiger partial charge in [-0.2, -0.15) is 12.7 Å². The number of aromatic nitrogens is 1. The fraction of sp³-hybridized carbons (Fsp3) is 0.455. The molecular formula is C11H16N4O3S. The number of hydrogen-bond donors (Lipinski definition) is 1. The number of hydrogen-bond acceptors (Lipinski definition) is 4. The van der Waals surface area contributed by atoms with Gasteiger partial charge >= 0.3 is 0 Å². The van der Waals surface area contributed by atoms with Crippen LogP contribution in [-0.4, -0.2) is 54.7 Å². The van der Waals surface area contributed by atoms with E-state index in [0.717, 1.165) is 5.56 Å². The summed E-state index contributed by atoms with van der Waals surface area (Å²) < 4.78 is 23.5. The van der Waals surface area contributed by atoms with E-state index in [1.807, 2.05) is 6.07 Å². The van der Waals surface area contributed by atoms with Crippen molar-refractivity contribution in [2.45, 2.75) is 6.42 Å². The first-order chi connectivity index (χ1) is 8.97. The van der Waals surface area contributed by atoms with Crippen LogP contribution in [0, 0.1) is 0 Å². The van der Waals surface area contributed by atoms with E-state index in [1.165, 1.54) is 4.31 Å². The minimum absolute atomic E-state index is 0.0259. The molecule has 0 saturated carbocycles. The molecule has 1 aromatic rings. The van der Waals surface area contributed by atoms with Gasteiger partial charge in [-0.15, -0.1) is 0 Å². The molecule has 0 aromatic carbocycles. The molecule has 7 nitrogen and oxygen atoms in total. The standard InChI is InChI=1S/C11H16N4O3S/c12-19(17,18)15-6-4-14(5-7-15)11(16)8-10-2-1-3-13-9-10/h1-3,9H,4-8H2,(H2,12,17,18). The van der Waals surface area contributed by atoms with Gasteiger partial charge in [0.1, 0.15) is 0 Å². The van der Waals surface area contributed by atoms with Crippen LogP contribution >= 0.6 is 0 Å². The number of amides is 1. The maximum Gasteiger partial charge on any atom is 0.277 e. The second kappa shape index (κ2) is 5.64. The normalized spacial score (nSPS) is 17.4. The summed E-state index contributed by atoms with van der Waals surface area (Å²) in [7, 11) is -3.65. The molecule has 1 aliphatic rings. The summed E-state index contributed by atoms with van der Waals surface area (Å²) in [5.41, 5.74) is 0.848. The van der Waals surface area contributed by atoms with Gasteiger partial charge in [-0.25, -0.2) is 5.14 Å². The Bertz CT molecular complexity index is 538. The van der Waals surface area contributed by atoms with Crippen molar-refractivity contribution in [3.63, 3.8) is 0 Å². The number of rotatable bonds is 3. The van der Waals surface area contributed by atoms with E-state index in [1.54, 1.807) is 23.4 Å². The second-order valence-corrected chi connectivity index (χ2v) is 5.91. The lowest BCUT2D eigenvalue weighted by Gasteiger charge is -2.33. The van der Waals surface area contributed by atoms with Crippen molar-refractivity contribution in [3.8, 4) is 0 Å². The lowest BCUT2D eigenvalue weighted by atomic mass is 10.2. The zero-order valence-corrected chi connectivity index (χ0v) is 11.2. The summed E-state index contributed by atoms with van der Waals surface area (Å²) >= 11 is 0. The van der Waals surface area contributed by atoms with Crippen LogP contribution in [0.5, 0.6) is 0 Å². The van der Waals surface area contributed by atoms with Crippen LogP contribution in [0.3, 0.4) is 0 Å². The third-order valence-corrected chi connectivity index (χ3v) is 4.11. The largest absolute Gasteiger partial charge is 0.340 e. The Kier molecular flexibility index (Phi) is 4.13. The predicted molar refractivity (Wildman–Crippen MR) is 69.2 cm³/mol. The van der Waals surface area contributed by atoms with E-state index < -0.39 is 10.2 Å². The van der Waals surface area contributed by atoms with E-state index in [9.17, 15) is 13.2 Å². The highest BCUT2D eigenvalue weighted by Crippen LogP contribution is 2.07. The van der Waals surface area contributed by atoms with Crippen molar-refractivity contribution < 1.29 is 13.2 Å². The molecule has 8 heteroatoms. The molecule has 19 heavy (non-hydrogen) atoms. The number of carbonyl (C=O) groups excluding carboxylic acids is 1. The number of carbonyl (C=O) groups is 1. The zero-order chi connectivity index (χ0) is 13.9. The minimum Gasteiger partial charge on any atom is -0.340 e. The molecule has 0 bridgehead atoms. The topological polar surface area (TPSA) is 96.6 Å². The second-order valence-electron chi connectivity index (χ2n) is 4.36. The molecule has 1 aliphatic heterocycles. The van der Waals surface area contributed by atoms with Gasteiger partial charge in [0.2, 0.25) is 5.91 Å². The fourth-order valence-electron chi connectivity index (χ4n) is 1.98. The van der Waals surface area contributed by atoms with Crippen molar-refractivity contribution in [1.29, 1.82) is 0 Å². The van der Waals surface area contributed by atoms with Gasteiger partial charge in [-0.1, -0.05) is 6.07 Å². The SMILES string of the molecule is NS(=O)(=O)N1CCN(C(=O)Cc2cccnc2)CC1. The van der Waals surface area contributed by atoms with Gasteiger partial charge in [0.05, 0.1) is 6.42 Å². The Hall–Kier alpha value is -1.51. The van der Waals surface area contributed by atoms with Crippen molar-refractivity contribution in [2.24, 2.45) is 5.14 Å². The van der Waals surface area contributed by atoms with Gasteiger partial charge in [0, 0.05) is 38.6 Å². The lowest BCUT2D eigenvalue weighted by molar-refractivity contribution is -0.131. The zero-order valence-electron chi connectivity index (χ0n) is 10.4. The van der Waals surface area contributed by atoms with Gasteiger partial charge in [-0.3, -0.25) is 9.78 Å². The van der Waals surface area contributed by atoms with Crippen molar-refractivity contribution >= 4 is 16.1 Å². The third kappa shape index (κ3) is 3.72. The highest BCUT2D eigenvalue weighted by molar-refractivity contribution is 7.86. The van der Waals surface area contributed by atoms with Crippen LogP contribution < -0.4 is 5.14 Å². The average Bonchev–Trinajstić information content (AvgIpc) is 2.39. The van der Waals surface area contributed by atoms with Crippen LogP contribution in [-0.2, 0) is 21.4 Å². The predicted octanol–water partition coefficient (Wildman–Crippen LogP) is -1.03. The quantitative estimate of drug-likeness (QED) is 0.767. The summed E-state index contributed by atoms with van der Waals surface area (Å²) in [6, 6.07) is 3.62. The van der Waals surface area contributed by atoms with Crippen molar-refractivity contribution in [3.05, 3.63) is 30.1 Å². The Morgan fingerprint density at radius 3 is 2.53 bits per heavy atom. The highest BCUT2D eigenvalue weighted by atomic mass is 32.2. The Labute approximate surface area is 112 Å². The van der Waals surface area contributed by atoms with E-state index >= 15 is 0 Å². The van der Waals surface area contributed by atoms with E-state index in [2.05, 4.69) is 4.98 Å². The van der Waals surface area contributed by atoms with Crippen molar-refractivity contribution in [1.82, 2.24) is 14.2 Å². The molecule has 2 rings (SSSR count). The molecule has 0 unspecified atom stereocenters. The fourth-order valence-corrected chi connectivity index (χ4v) is 2.65. The van der Waals surface area contributed by atoms with Crippen LogP contribution in [0.4, 0.5) is 0 Å². The number of nitrogens with two attached hydrogens (primary N) is 1. The summed E-state index contributed by atoms with van der Waals surface area (Å²) in [6.45, 7) is 1.24. The minimum atomic E-state index is -3.65. The average molecular weight is 284 g/mol. The molecule has 0 radical (unpaired) electrons. The first-order valence-corrected chi connectivity index (χ1v) is 7.41. The molecule has 2 N–H and O–H groups in total. The Morgan fingerprint density at radius 2 is 2.00 bits per heavy atom. The number of pyridine rings is 1. The number of nitrogens with zero attached hydrogens (tertiary/aromatic N) is 3. The van der Waals surface area contributed by atoms with Crippen LogP contribution in [0.25, 0.3) is 0 Å². The molecule has 1 amide bonds. The molecule has 2 heterocycles. The molecule has 104 valence electrons. The molecule has 0 atom stereocenters. The monoisotopic (exact) mass is 284 g/mol. The van der Waals surface area contributed by atoms with Gasteiger partial charge < -0.3 is 4.90 Å². The highest BCUT2D eigenvalue weighted by Gasteiger charge is 2.26. The number of piperazine rings is 1. The molecule has 0 aliphatic carbocycles. The van der Waals surface area contributed by atoms with Crippen molar-refractivity contribution in [2.75, 3.05) is 26.2 Å². The van der Waals surface area contributed by atoms with E-state index in [0.29, 0.717) is 13.1 Å². The molecule has 0 spiro atoms. The smallest absolute Gasteiger partial charge is 0.277 e. The van der Waals surface area contributed by atoms with Crippen LogP contribution in [0.1, 0.15) is 5.56 Å². The maximum atomic E-state index is 12.0. The van der Waals surface area contributed by atoms with E-state index in [4.69, 9.17) is 5.14 Å². The Morgan fingerprint density at radius 1 is 1.32 bits per heavy atom. The summed E-state index contributed by atoms with van der Waals surface area (Å²) in [5.74, 6) is -0.0259. The maximum absolute atomic E-state index is 12.0. The summed E-state index contributed by atoms with van der Waals surface area (Å²) in [4.78, 5) is 17.6. The third-order valence-electron chi connectivity index (χ3n) is 3.03. The molecule has 1 fully saturated rings. The van der Waals surface area contributed by atoms with Gasteiger partial charge in [0.25, 0.3) is 10.2 Å². The van der Waals surface area contributed by atoms with Gasteiger partial charge in [-0.05, 0) is 11.6 Å². The molecular weight excluding hydrogens is 268 g/mol. The van der Waals surface area contributed by atoms with Crippen LogP contribution in [0.15, 0.2) is 24.5 Å². The first-order valence-electron chi connectivity index (χ1n) is 5.91. The molecule has 1 aromatic heterocycles. The summed E-state index contributed by atoms with van der Waals surface area (Å²) in [5, 5.41) is 5.04. The Balaban J connectivity index is 1.90.